The molecule has 1 aromatic carbocycles. The number of phenolic OH excluding ortho intramolecular Hbond substituents is 2. The van der Waals surface area contributed by atoms with Crippen LogP contribution in [0.1, 0.15) is 15.9 Å². The van der Waals surface area contributed by atoms with Crippen LogP contribution in [0.3, 0.4) is 0 Å². The molecule has 0 fully saturated rings. The Balaban J connectivity index is 2.06. The summed E-state index contributed by atoms with van der Waals surface area (Å²) in [5.74, 6) is -1.13. The molecular weight excluding hydrogens is 232 g/mol. The minimum atomic E-state index is -0.424. The molecule has 2 rings (SSSR count). The standard InChI is InChI=1S/C13H14N2O3/c1-15-6-5-9(8-15)7-14-13(18)10-3-2-4-11(16)12(10)17/h2-6,8,16-17H,7H2,1H3,(H,14,18). The number of rotatable bonds is 3. The summed E-state index contributed by atoms with van der Waals surface area (Å²) < 4.78 is 1.88. The second-order valence-corrected chi connectivity index (χ2v) is 4.04. The summed E-state index contributed by atoms with van der Waals surface area (Å²) in [6.07, 6.45) is 3.77. The van der Waals surface area contributed by atoms with Crippen LogP contribution >= 0.6 is 0 Å². The molecule has 0 aliphatic rings. The zero-order valence-electron chi connectivity index (χ0n) is 9.92. The highest BCUT2D eigenvalue weighted by Gasteiger charge is 2.13. The fraction of sp³-hybridized carbons (Fsp3) is 0.154. The quantitative estimate of drug-likeness (QED) is 0.716. The average molecular weight is 246 g/mol. The third-order valence-electron chi connectivity index (χ3n) is 2.61. The second-order valence-electron chi connectivity index (χ2n) is 4.04. The number of hydrogen-bond donors (Lipinski definition) is 3. The van der Waals surface area contributed by atoms with Crippen molar-refractivity contribution >= 4 is 5.91 Å². The lowest BCUT2D eigenvalue weighted by molar-refractivity contribution is 0.0947. The number of nitrogens with zero attached hydrogens (tertiary/aromatic N) is 1. The molecule has 0 aliphatic carbocycles. The van der Waals surface area contributed by atoms with E-state index in [4.69, 9.17) is 0 Å². The van der Waals surface area contributed by atoms with Gasteiger partial charge in [0.05, 0.1) is 5.56 Å². The second kappa shape index (κ2) is 4.83. The van der Waals surface area contributed by atoms with E-state index in [1.165, 1.54) is 18.2 Å². The van der Waals surface area contributed by atoms with Gasteiger partial charge < -0.3 is 20.1 Å². The predicted molar refractivity (Wildman–Crippen MR) is 66.4 cm³/mol. The third-order valence-corrected chi connectivity index (χ3v) is 2.61. The van der Waals surface area contributed by atoms with Crippen molar-refractivity contribution in [3.05, 3.63) is 47.8 Å². The molecule has 0 saturated heterocycles. The smallest absolute Gasteiger partial charge is 0.255 e. The summed E-state index contributed by atoms with van der Waals surface area (Å²) in [5, 5.41) is 21.5. The van der Waals surface area contributed by atoms with Gasteiger partial charge >= 0.3 is 0 Å². The number of aromatic hydroxyl groups is 2. The Labute approximate surface area is 104 Å². The van der Waals surface area contributed by atoms with Crippen molar-refractivity contribution in [2.45, 2.75) is 6.54 Å². The molecule has 5 heteroatoms. The fourth-order valence-corrected chi connectivity index (χ4v) is 1.66. The number of phenols is 2. The van der Waals surface area contributed by atoms with Crippen LogP contribution in [0.5, 0.6) is 11.5 Å². The number of carbonyl (C=O) groups is 1. The summed E-state index contributed by atoms with van der Waals surface area (Å²) in [7, 11) is 1.90. The lowest BCUT2D eigenvalue weighted by Crippen LogP contribution is -2.22. The van der Waals surface area contributed by atoms with Crippen molar-refractivity contribution in [3.8, 4) is 11.5 Å². The van der Waals surface area contributed by atoms with Crippen LogP contribution in [0, 0.1) is 0 Å². The van der Waals surface area contributed by atoms with Gasteiger partial charge in [-0.2, -0.15) is 0 Å². The van der Waals surface area contributed by atoms with E-state index in [0.29, 0.717) is 6.54 Å². The lowest BCUT2D eigenvalue weighted by Gasteiger charge is -2.06. The van der Waals surface area contributed by atoms with Gasteiger partial charge in [0.15, 0.2) is 11.5 Å². The molecular formula is C13H14N2O3. The zero-order valence-corrected chi connectivity index (χ0v) is 9.92. The Morgan fingerprint density at radius 1 is 1.33 bits per heavy atom. The molecule has 0 saturated carbocycles. The third kappa shape index (κ3) is 2.45. The van der Waals surface area contributed by atoms with Crippen molar-refractivity contribution < 1.29 is 15.0 Å². The Kier molecular flexibility index (Phi) is 3.23. The highest BCUT2D eigenvalue weighted by molar-refractivity contribution is 5.97. The van der Waals surface area contributed by atoms with Crippen LogP contribution in [0.2, 0.25) is 0 Å². The van der Waals surface area contributed by atoms with Gasteiger partial charge in [-0.25, -0.2) is 0 Å². The Hall–Kier alpha value is -2.43. The number of aromatic nitrogens is 1. The Morgan fingerprint density at radius 2 is 2.11 bits per heavy atom. The molecule has 18 heavy (non-hydrogen) atoms. The average Bonchev–Trinajstić information content (AvgIpc) is 2.76. The van der Waals surface area contributed by atoms with Crippen molar-refractivity contribution in [3.63, 3.8) is 0 Å². The minimum absolute atomic E-state index is 0.0610. The molecule has 0 radical (unpaired) electrons. The highest BCUT2D eigenvalue weighted by atomic mass is 16.3. The molecule has 3 N–H and O–H groups in total. The SMILES string of the molecule is Cn1ccc(CNC(=O)c2cccc(O)c2O)c1. The Bertz CT molecular complexity index is 575. The number of benzene rings is 1. The van der Waals surface area contributed by atoms with E-state index in [-0.39, 0.29) is 11.3 Å². The molecule has 5 nitrogen and oxygen atoms in total. The monoisotopic (exact) mass is 246 g/mol. The van der Waals surface area contributed by atoms with Gasteiger partial charge in [0.2, 0.25) is 0 Å². The number of amides is 1. The molecule has 0 bridgehead atoms. The van der Waals surface area contributed by atoms with Crippen LogP contribution < -0.4 is 5.32 Å². The lowest BCUT2D eigenvalue weighted by atomic mass is 10.1. The first-order chi connectivity index (χ1) is 8.58. The predicted octanol–water partition coefficient (Wildman–Crippen LogP) is 1.37. The number of hydrogen-bond acceptors (Lipinski definition) is 3. The highest BCUT2D eigenvalue weighted by Crippen LogP contribution is 2.27. The van der Waals surface area contributed by atoms with Crippen LogP contribution in [-0.4, -0.2) is 20.7 Å². The van der Waals surface area contributed by atoms with Gasteiger partial charge in [0.1, 0.15) is 0 Å². The van der Waals surface area contributed by atoms with Crippen LogP contribution in [0.15, 0.2) is 36.7 Å². The Morgan fingerprint density at radius 3 is 2.78 bits per heavy atom. The van der Waals surface area contributed by atoms with Gasteiger partial charge in [0.25, 0.3) is 5.91 Å². The topological polar surface area (TPSA) is 74.5 Å². The summed E-state index contributed by atoms with van der Waals surface area (Å²) in [5.41, 5.74) is 1.02. The van der Waals surface area contributed by atoms with Gasteiger partial charge in [-0.3, -0.25) is 4.79 Å². The van der Waals surface area contributed by atoms with Gasteiger partial charge in [0, 0.05) is 26.0 Å². The summed E-state index contributed by atoms with van der Waals surface area (Å²) in [4.78, 5) is 11.8. The molecule has 0 unspecified atom stereocenters. The van der Waals surface area contributed by atoms with Crippen LogP contribution in [-0.2, 0) is 13.6 Å². The molecule has 1 heterocycles. The maximum absolute atomic E-state index is 11.8. The molecule has 2 aromatic rings. The van der Waals surface area contributed by atoms with Gasteiger partial charge in [-0.15, -0.1) is 0 Å². The first-order valence-electron chi connectivity index (χ1n) is 5.48. The molecule has 0 atom stereocenters. The van der Waals surface area contributed by atoms with Gasteiger partial charge in [-0.1, -0.05) is 6.07 Å². The zero-order chi connectivity index (χ0) is 13.1. The fourth-order valence-electron chi connectivity index (χ4n) is 1.66. The molecule has 0 aliphatic heterocycles. The first-order valence-corrected chi connectivity index (χ1v) is 5.48. The van der Waals surface area contributed by atoms with E-state index in [9.17, 15) is 15.0 Å². The molecule has 94 valence electrons. The number of aryl methyl sites for hydroxylation is 1. The molecule has 1 amide bonds. The normalized spacial score (nSPS) is 10.3. The van der Waals surface area contributed by atoms with Crippen LogP contribution in [0.25, 0.3) is 0 Å². The van der Waals surface area contributed by atoms with Crippen molar-refractivity contribution in [2.75, 3.05) is 0 Å². The summed E-state index contributed by atoms with van der Waals surface area (Å²) in [6, 6.07) is 6.17. The van der Waals surface area contributed by atoms with E-state index in [0.717, 1.165) is 5.56 Å². The first kappa shape index (κ1) is 12.0. The summed E-state index contributed by atoms with van der Waals surface area (Å²) >= 11 is 0. The van der Waals surface area contributed by atoms with Crippen LogP contribution in [0.4, 0.5) is 0 Å². The number of para-hydroxylation sites is 1. The van der Waals surface area contributed by atoms with E-state index in [2.05, 4.69) is 5.32 Å². The largest absolute Gasteiger partial charge is 0.504 e. The summed E-state index contributed by atoms with van der Waals surface area (Å²) in [6.45, 7) is 0.370. The van der Waals surface area contributed by atoms with Crippen molar-refractivity contribution in [1.82, 2.24) is 9.88 Å². The molecule has 0 spiro atoms. The van der Waals surface area contributed by atoms with E-state index < -0.39 is 11.7 Å². The maximum Gasteiger partial charge on any atom is 0.255 e. The molecule has 1 aromatic heterocycles. The van der Waals surface area contributed by atoms with Gasteiger partial charge in [-0.05, 0) is 23.8 Å². The van der Waals surface area contributed by atoms with E-state index in [1.54, 1.807) is 0 Å². The van der Waals surface area contributed by atoms with Crippen molar-refractivity contribution in [2.24, 2.45) is 7.05 Å². The number of nitrogens with one attached hydrogen (secondary N) is 1. The van der Waals surface area contributed by atoms with Crippen molar-refractivity contribution in [1.29, 1.82) is 0 Å². The van der Waals surface area contributed by atoms with E-state index >= 15 is 0 Å². The number of carbonyl (C=O) groups excluding carboxylic acids is 1. The minimum Gasteiger partial charge on any atom is -0.504 e. The van der Waals surface area contributed by atoms with E-state index in [1.807, 2.05) is 30.1 Å². The maximum atomic E-state index is 11.8.